The molecule has 74 heavy (non-hydrogen) atoms. The zero-order valence-corrected chi connectivity index (χ0v) is 50.9. The summed E-state index contributed by atoms with van der Waals surface area (Å²) in [6.07, 6.45) is 6.62. The Balaban J connectivity index is 0.000000183. The van der Waals surface area contributed by atoms with Gasteiger partial charge >= 0.3 is 0 Å². The molecule has 0 spiro atoms. The zero-order chi connectivity index (χ0) is 55.5. The molecule has 8 aromatic rings. The lowest BCUT2D eigenvalue weighted by Crippen LogP contribution is -2.36. The highest BCUT2D eigenvalue weighted by Gasteiger charge is 2.24. The molecule has 0 saturated carbocycles. The van der Waals surface area contributed by atoms with Crippen LogP contribution in [0.5, 0.6) is 0 Å². The van der Waals surface area contributed by atoms with Crippen LogP contribution >= 0.6 is 0 Å². The number of aromatic nitrogens is 4. The van der Waals surface area contributed by atoms with Crippen molar-refractivity contribution in [1.82, 2.24) is 0 Å². The number of rotatable bonds is 4. The van der Waals surface area contributed by atoms with Crippen LogP contribution in [-0.4, -0.2) is 0 Å². The first kappa shape index (κ1) is 58.4. The van der Waals surface area contributed by atoms with E-state index in [0.29, 0.717) is 0 Å². The van der Waals surface area contributed by atoms with Gasteiger partial charge in [0, 0.05) is 70.1 Å². The first-order chi connectivity index (χ1) is 34.5. The van der Waals surface area contributed by atoms with Gasteiger partial charge in [0.25, 0.3) is 0 Å². The van der Waals surface area contributed by atoms with Gasteiger partial charge in [-0.25, -0.2) is 13.7 Å². The molecule has 4 aromatic carbocycles. The van der Waals surface area contributed by atoms with Crippen molar-refractivity contribution in [3.63, 3.8) is 0 Å². The third kappa shape index (κ3) is 12.7. The Morgan fingerprint density at radius 3 is 1.08 bits per heavy atom. The maximum absolute atomic E-state index is 2.34. The number of aryl methyl sites for hydroxylation is 17. The fourth-order valence-electron chi connectivity index (χ4n) is 10.3. The Morgan fingerprint density at radius 1 is 0.243 bits per heavy atom. The van der Waals surface area contributed by atoms with E-state index in [1.807, 2.05) is 0 Å². The number of hydrogen-bond acceptors (Lipinski definition) is 0. The van der Waals surface area contributed by atoms with Crippen molar-refractivity contribution in [2.75, 3.05) is 0 Å². The Labute approximate surface area is 449 Å². The number of hydrogen-bond donors (Lipinski definition) is 0. The highest BCUT2D eigenvalue weighted by Crippen LogP contribution is 2.34. The van der Waals surface area contributed by atoms with Crippen LogP contribution in [0.1, 0.15) is 123 Å². The second-order valence-corrected chi connectivity index (χ2v) is 22.2. The average molecular weight is 990 g/mol. The van der Waals surface area contributed by atoms with E-state index in [1.165, 1.54) is 168 Å². The number of pyridine rings is 4. The molecule has 8 rings (SSSR count). The molecule has 0 N–H and O–H groups in total. The van der Waals surface area contributed by atoms with Crippen molar-refractivity contribution in [3.05, 3.63) is 208 Å². The van der Waals surface area contributed by atoms with Gasteiger partial charge in [-0.3, -0.25) is 0 Å². The molecular weight excluding hydrogens is 897 g/mol. The SMILES string of the molecule is Cc1cc(-c2c(C)c(C)c(C)c(C)c2C)[n+](C)c(C)c1C.Cc1cc(C)c(-c2cc(C)c(C)c[n+]2C)cc1C.Cc1cc(C)c(C)c(-c2cc(C)c(C)c[n+]2C)c1.Cc1ccc(C)c(-c2cc(C)c(C)c[n+]2C)c1. The molecule has 0 unspecified atom stereocenters. The van der Waals surface area contributed by atoms with E-state index in [9.17, 15) is 0 Å². The molecule has 0 atom stereocenters. The van der Waals surface area contributed by atoms with Crippen LogP contribution in [0, 0.1) is 152 Å². The largest absolute Gasteiger partial charge is 0.213 e. The quantitative estimate of drug-likeness (QED) is 0.156. The van der Waals surface area contributed by atoms with E-state index >= 15 is 0 Å². The molecule has 388 valence electrons. The molecule has 0 bridgehead atoms. The summed E-state index contributed by atoms with van der Waals surface area (Å²) < 4.78 is 9.00. The minimum atomic E-state index is 1.29. The monoisotopic (exact) mass is 989 g/mol. The summed E-state index contributed by atoms with van der Waals surface area (Å²) in [7, 11) is 8.54. The lowest BCUT2D eigenvalue weighted by molar-refractivity contribution is -0.667. The fraction of sp³-hybridized carbons (Fsp3) is 0.371. The second-order valence-electron chi connectivity index (χ2n) is 22.2. The molecule has 0 aliphatic heterocycles. The zero-order valence-electron chi connectivity index (χ0n) is 50.9. The van der Waals surface area contributed by atoms with Crippen molar-refractivity contribution < 1.29 is 18.3 Å². The summed E-state index contributed by atoms with van der Waals surface area (Å²) in [4.78, 5) is 0. The smallest absolute Gasteiger partial charge is 0.201 e. The maximum Gasteiger partial charge on any atom is 0.213 e. The Bertz CT molecular complexity index is 3350. The topological polar surface area (TPSA) is 15.5 Å². The Hall–Kier alpha value is -6.52. The molecular formula is C70H92N4+4. The van der Waals surface area contributed by atoms with Crippen LogP contribution in [-0.2, 0) is 28.2 Å². The van der Waals surface area contributed by atoms with Crippen molar-refractivity contribution in [2.45, 2.75) is 152 Å². The van der Waals surface area contributed by atoms with E-state index in [-0.39, 0.29) is 0 Å². The molecule has 0 radical (unpaired) electrons. The summed E-state index contributed by atoms with van der Waals surface area (Å²) >= 11 is 0. The van der Waals surface area contributed by atoms with Crippen molar-refractivity contribution >= 4 is 0 Å². The van der Waals surface area contributed by atoms with Crippen LogP contribution in [0.3, 0.4) is 0 Å². The van der Waals surface area contributed by atoms with Crippen molar-refractivity contribution in [1.29, 1.82) is 0 Å². The van der Waals surface area contributed by atoms with E-state index in [4.69, 9.17) is 0 Å². The average Bonchev–Trinajstić information content (AvgIpc) is 3.33. The highest BCUT2D eigenvalue weighted by atomic mass is 15.0. The molecule has 4 nitrogen and oxygen atoms in total. The van der Waals surface area contributed by atoms with Crippen LogP contribution in [0.4, 0.5) is 0 Å². The standard InChI is InChI=1S/C20H28N.2C17H22N.C16H20N/c1-11-10-19(21(9)18(8)12(11)2)20-16(6)14(4)13(3)15(5)17(20)7;1-11-7-14(4)16(8-12(11)2)17-9-13(3)15(5)10-18(17)6;1-11-7-13(3)15(5)16(8-11)17-9-12(2)14(4)10-18(17)6;1-11-6-7-12(2)15(8-11)16-9-13(3)14(4)10-17(16)5/h10H,1-9H3;2*7-10H,1-6H3;6-10H,1-5H3/q4*+1. The van der Waals surface area contributed by atoms with Gasteiger partial charge in [0.1, 0.15) is 28.2 Å². The summed E-state index contributed by atoms with van der Waals surface area (Å²) in [6, 6.07) is 24.9. The minimum Gasteiger partial charge on any atom is -0.201 e. The molecule has 0 aliphatic carbocycles. The lowest BCUT2D eigenvalue weighted by atomic mass is 9.87. The van der Waals surface area contributed by atoms with Crippen LogP contribution in [0.15, 0.2) is 85.3 Å². The third-order valence-corrected chi connectivity index (χ3v) is 16.7. The first-order valence-corrected chi connectivity index (χ1v) is 26.7. The van der Waals surface area contributed by atoms with Crippen molar-refractivity contribution in [3.8, 4) is 45.0 Å². The number of nitrogens with zero attached hydrogens (tertiary/aromatic N) is 4. The third-order valence-electron chi connectivity index (χ3n) is 16.7. The predicted octanol–water partition coefficient (Wildman–Crippen LogP) is 15.5. The second kappa shape index (κ2) is 23.8. The van der Waals surface area contributed by atoms with Gasteiger partial charge in [-0.15, -0.1) is 0 Å². The van der Waals surface area contributed by atoms with Gasteiger partial charge in [-0.2, -0.15) is 4.57 Å². The first-order valence-electron chi connectivity index (χ1n) is 26.7. The van der Waals surface area contributed by atoms with Gasteiger partial charge in [0.15, 0.2) is 24.3 Å². The molecule has 4 aromatic heterocycles. The van der Waals surface area contributed by atoms with E-state index in [2.05, 4.69) is 284 Å². The molecule has 4 heteroatoms. The Kier molecular flexibility index (Phi) is 18.8. The highest BCUT2D eigenvalue weighted by molar-refractivity contribution is 5.71. The van der Waals surface area contributed by atoms with Gasteiger partial charge < -0.3 is 0 Å². The van der Waals surface area contributed by atoms with E-state index in [1.54, 1.807) is 0 Å². The van der Waals surface area contributed by atoms with Gasteiger partial charge in [-0.1, -0.05) is 35.4 Å². The number of benzene rings is 4. The molecule has 0 aliphatic rings. The molecule has 4 heterocycles. The van der Waals surface area contributed by atoms with Crippen LogP contribution < -0.4 is 18.3 Å². The maximum atomic E-state index is 2.34. The van der Waals surface area contributed by atoms with Crippen LogP contribution in [0.25, 0.3) is 45.0 Å². The van der Waals surface area contributed by atoms with Crippen LogP contribution in [0.2, 0.25) is 0 Å². The fourth-order valence-corrected chi connectivity index (χ4v) is 10.3. The Morgan fingerprint density at radius 2 is 0.608 bits per heavy atom. The van der Waals surface area contributed by atoms with Gasteiger partial charge in [0.05, 0.1) is 5.56 Å². The van der Waals surface area contributed by atoms with E-state index in [0.717, 1.165) is 0 Å². The summed E-state index contributed by atoms with van der Waals surface area (Å²) in [5.74, 6) is 0. The summed E-state index contributed by atoms with van der Waals surface area (Å²) in [6.45, 7) is 48.3. The van der Waals surface area contributed by atoms with E-state index < -0.39 is 0 Å². The molecule has 0 saturated heterocycles. The molecule has 0 amide bonds. The van der Waals surface area contributed by atoms with Gasteiger partial charge in [0.2, 0.25) is 22.8 Å². The summed E-state index contributed by atoms with van der Waals surface area (Å²) in [5, 5.41) is 0. The normalized spacial score (nSPS) is 10.8. The summed E-state index contributed by atoms with van der Waals surface area (Å²) in [5.41, 5.74) is 40.6. The van der Waals surface area contributed by atoms with Crippen molar-refractivity contribution in [2.24, 2.45) is 28.2 Å². The van der Waals surface area contributed by atoms with Gasteiger partial charge in [-0.05, 0) is 247 Å². The molecule has 0 fully saturated rings. The predicted molar refractivity (Wildman–Crippen MR) is 316 cm³/mol. The lowest BCUT2D eigenvalue weighted by Gasteiger charge is -2.18. The minimum absolute atomic E-state index is 1.29.